The molecule has 1 saturated heterocycles. The van der Waals surface area contributed by atoms with Gasteiger partial charge >= 0.3 is 5.97 Å². The number of benzene rings is 1. The molecule has 0 atom stereocenters. The standard InChI is InChI=1S/C18H26F2N2O2/c1-3-4-5-7-21-8-6-9-22(11-10-21)17-13-15(19)14(12-16(17)20)18(23)24-2/h12-13H,3-11H2,1-2H3. The number of halogens is 2. The first-order chi connectivity index (χ1) is 11.6. The highest BCUT2D eigenvalue weighted by atomic mass is 19.1. The van der Waals surface area contributed by atoms with Gasteiger partial charge in [0.05, 0.1) is 18.4 Å². The van der Waals surface area contributed by atoms with Crippen molar-refractivity contribution in [2.24, 2.45) is 0 Å². The Labute approximate surface area is 142 Å². The van der Waals surface area contributed by atoms with E-state index in [1.54, 1.807) is 0 Å². The Balaban J connectivity index is 2.06. The maximum absolute atomic E-state index is 14.4. The van der Waals surface area contributed by atoms with Crippen LogP contribution in [0.3, 0.4) is 0 Å². The number of carbonyl (C=O) groups excluding carboxylic acids is 1. The fourth-order valence-electron chi connectivity index (χ4n) is 3.07. The minimum absolute atomic E-state index is 0.218. The highest BCUT2D eigenvalue weighted by Gasteiger charge is 2.22. The molecule has 0 bridgehead atoms. The fourth-order valence-corrected chi connectivity index (χ4v) is 3.07. The van der Waals surface area contributed by atoms with Gasteiger partial charge < -0.3 is 14.5 Å². The maximum Gasteiger partial charge on any atom is 0.340 e. The summed E-state index contributed by atoms with van der Waals surface area (Å²) in [6.07, 6.45) is 4.49. The number of esters is 1. The molecule has 0 spiro atoms. The maximum atomic E-state index is 14.4. The number of unbranched alkanes of at least 4 members (excludes halogenated alkanes) is 2. The van der Waals surface area contributed by atoms with E-state index in [0.29, 0.717) is 13.1 Å². The molecule has 1 heterocycles. The topological polar surface area (TPSA) is 32.8 Å². The van der Waals surface area contributed by atoms with Crippen LogP contribution in [0.15, 0.2) is 12.1 Å². The molecule has 0 aromatic heterocycles. The van der Waals surface area contributed by atoms with Crippen LogP contribution < -0.4 is 4.90 Å². The molecule has 24 heavy (non-hydrogen) atoms. The van der Waals surface area contributed by atoms with Gasteiger partial charge in [0.15, 0.2) is 0 Å². The molecule has 134 valence electrons. The van der Waals surface area contributed by atoms with Crippen molar-refractivity contribution in [1.29, 1.82) is 0 Å². The van der Waals surface area contributed by atoms with Gasteiger partial charge in [0.25, 0.3) is 0 Å². The van der Waals surface area contributed by atoms with Crippen molar-refractivity contribution >= 4 is 11.7 Å². The van der Waals surface area contributed by atoms with Crippen LogP contribution in [0.4, 0.5) is 14.5 Å². The Morgan fingerprint density at radius 2 is 1.92 bits per heavy atom. The predicted molar refractivity (Wildman–Crippen MR) is 90.5 cm³/mol. The van der Waals surface area contributed by atoms with Crippen LogP contribution in [-0.2, 0) is 4.74 Å². The van der Waals surface area contributed by atoms with Gasteiger partial charge in [0, 0.05) is 25.7 Å². The van der Waals surface area contributed by atoms with Crippen LogP contribution in [0.25, 0.3) is 0 Å². The zero-order valence-electron chi connectivity index (χ0n) is 14.5. The molecule has 0 amide bonds. The summed E-state index contributed by atoms with van der Waals surface area (Å²) in [7, 11) is 1.15. The molecule has 1 aliphatic heterocycles. The van der Waals surface area contributed by atoms with Crippen molar-refractivity contribution in [3.63, 3.8) is 0 Å². The van der Waals surface area contributed by atoms with Crippen molar-refractivity contribution in [1.82, 2.24) is 4.90 Å². The molecule has 0 saturated carbocycles. The molecule has 2 rings (SSSR count). The van der Waals surface area contributed by atoms with Gasteiger partial charge in [-0.05, 0) is 32.0 Å². The molecule has 1 aliphatic rings. The van der Waals surface area contributed by atoms with E-state index in [9.17, 15) is 13.6 Å². The van der Waals surface area contributed by atoms with Gasteiger partial charge in [-0.15, -0.1) is 0 Å². The van der Waals surface area contributed by atoms with Crippen LogP contribution in [-0.4, -0.2) is 50.7 Å². The molecule has 0 N–H and O–H groups in total. The average molecular weight is 340 g/mol. The summed E-state index contributed by atoms with van der Waals surface area (Å²) in [6, 6.07) is 2.04. The molecule has 1 aromatic carbocycles. The highest BCUT2D eigenvalue weighted by Crippen LogP contribution is 2.25. The smallest absolute Gasteiger partial charge is 0.340 e. The van der Waals surface area contributed by atoms with Crippen LogP contribution in [0.1, 0.15) is 43.0 Å². The van der Waals surface area contributed by atoms with E-state index in [-0.39, 0.29) is 11.3 Å². The summed E-state index contributed by atoms with van der Waals surface area (Å²) in [5.41, 5.74) is -0.148. The normalized spacial score (nSPS) is 16.1. The van der Waals surface area contributed by atoms with Crippen molar-refractivity contribution in [3.05, 3.63) is 29.3 Å². The summed E-state index contributed by atoms with van der Waals surface area (Å²) in [6.45, 7) is 6.38. The van der Waals surface area contributed by atoms with E-state index in [1.807, 2.05) is 4.90 Å². The Hall–Kier alpha value is -1.69. The number of carbonyl (C=O) groups is 1. The number of hydrogen-bond donors (Lipinski definition) is 0. The van der Waals surface area contributed by atoms with E-state index < -0.39 is 17.6 Å². The molecule has 1 aromatic rings. The van der Waals surface area contributed by atoms with Crippen LogP contribution in [0, 0.1) is 11.6 Å². The van der Waals surface area contributed by atoms with Crippen LogP contribution >= 0.6 is 0 Å². The molecule has 4 nitrogen and oxygen atoms in total. The van der Waals surface area contributed by atoms with Gasteiger partial charge in [-0.3, -0.25) is 0 Å². The first kappa shape index (κ1) is 18.6. The van der Waals surface area contributed by atoms with Gasteiger partial charge in [-0.25, -0.2) is 13.6 Å². The van der Waals surface area contributed by atoms with Crippen molar-refractivity contribution in [2.45, 2.75) is 32.6 Å². The SMILES string of the molecule is CCCCCN1CCCN(c2cc(F)c(C(=O)OC)cc2F)CC1. The van der Waals surface area contributed by atoms with Crippen LogP contribution in [0.2, 0.25) is 0 Å². The molecular formula is C18H26F2N2O2. The second kappa shape index (κ2) is 8.97. The molecule has 0 radical (unpaired) electrons. The van der Waals surface area contributed by atoms with Crippen LogP contribution in [0.5, 0.6) is 0 Å². The predicted octanol–water partition coefficient (Wildman–Crippen LogP) is 3.45. The second-order valence-electron chi connectivity index (χ2n) is 6.16. The van der Waals surface area contributed by atoms with Gasteiger partial charge in [0.1, 0.15) is 11.6 Å². The molecule has 1 fully saturated rings. The third-order valence-corrected chi connectivity index (χ3v) is 4.45. The average Bonchev–Trinajstić information content (AvgIpc) is 2.82. The van der Waals surface area contributed by atoms with E-state index in [2.05, 4.69) is 16.6 Å². The molecular weight excluding hydrogens is 314 g/mol. The lowest BCUT2D eigenvalue weighted by Crippen LogP contribution is -2.32. The lowest BCUT2D eigenvalue weighted by molar-refractivity contribution is 0.0595. The minimum atomic E-state index is -0.865. The quantitative estimate of drug-likeness (QED) is 0.586. The lowest BCUT2D eigenvalue weighted by Gasteiger charge is -2.24. The molecule has 6 heteroatoms. The Morgan fingerprint density at radius 3 is 2.62 bits per heavy atom. The summed E-state index contributed by atoms with van der Waals surface area (Å²) >= 11 is 0. The van der Waals surface area contributed by atoms with Crippen molar-refractivity contribution in [2.75, 3.05) is 44.7 Å². The Morgan fingerprint density at radius 1 is 1.12 bits per heavy atom. The fraction of sp³-hybridized carbons (Fsp3) is 0.611. The number of anilines is 1. The molecule has 0 unspecified atom stereocenters. The summed E-state index contributed by atoms with van der Waals surface area (Å²) in [5, 5.41) is 0. The number of rotatable bonds is 6. The van der Waals surface area contributed by atoms with Gasteiger partial charge in [-0.1, -0.05) is 19.8 Å². The van der Waals surface area contributed by atoms with Crippen molar-refractivity contribution < 1.29 is 18.3 Å². The third-order valence-electron chi connectivity index (χ3n) is 4.45. The van der Waals surface area contributed by atoms with E-state index in [0.717, 1.165) is 45.3 Å². The Kier molecular flexibility index (Phi) is 6.97. The van der Waals surface area contributed by atoms with E-state index in [4.69, 9.17) is 0 Å². The van der Waals surface area contributed by atoms with E-state index >= 15 is 0 Å². The lowest BCUT2D eigenvalue weighted by atomic mass is 10.1. The van der Waals surface area contributed by atoms with Crippen molar-refractivity contribution in [3.8, 4) is 0 Å². The zero-order valence-corrected chi connectivity index (χ0v) is 14.5. The first-order valence-corrected chi connectivity index (χ1v) is 8.61. The number of hydrogen-bond acceptors (Lipinski definition) is 4. The molecule has 0 aliphatic carbocycles. The Bertz CT molecular complexity index is 566. The first-order valence-electron chi connectivity index (χ1n) is 8.61. The largest absolute Gasteiger partial charge is 0.465 e. The summed E-state index contributed by atoms with van der Waals surface area (Å²) in [4.78, 5) is 15.7. The van der Waals surface area contributed by atoms with Gasteiger partial charge in [0.2, 0.25) is 0 Å². The third kappa shape index (κ3) is 4.66. The minimum Gasteiger partial charge on any atom is -0.465 e. The van der Waals surface area contributed by atoms with Gasteiger partial charge in [-0.2, -0.15) is 0 Å². The highest BCUT2D eigenvalue weighted by molar-refractivity contribution is 5.90. The number of methoxy groups -OCH3 is 1. The summed E-state index contributed by atoms with van der Waals surface area (Å²) < 4.78 is 32.9. The van der Waals surface area contributed by atoms with E-state index in [1.165, 1.54) is 19.3 Å². The zero-order chi connectivity index (χ0) is 17.5. The monoisotopic (exact) mass is 340 g/mol. The number of nitrogens with zero attached hydrogens (tertiary/aromatic N) is 2. The second-order valence-corrected chi connectivity index (χ2v) is 6.16. The number of ether oxygens (including phenoxy) is 1. The summed E-state index contributed by atoms with van der Waals surface area (Å²) in [5.74, 6) is -2.20.